The van der Waals surface area contributed by atoms with Crippen LogP contribution in [0.4, 0.5) is 11.4 Å². The maximum Gasteiger partial charge on any atom is 0.268 e. The highest BCUT2D eigenvalue weighted by Gasteiger charge is 2.33. The number of Topliss-reactive ketones (excluding diaryl/α,β-unsaturated/α-hetero) is 1. The molecule has 1 aliphatic heterocycles. The first-order chi connectivity index (χ1) is 14.4. The molecule has 2 aromatic carbocycles. The summed E-state index contributed by atoms with van der Waals surface area (Å²) in [5.41, 5.74) is 1.45. The van der Waals surface area contributed by atoms with Gasteiger partial charge in [0.25, 0.3) is 5.91 Å². The number of nitrogens with zero attached hydrogens (tertiary/aromatic N) is 1. The monoisotopic (exact) mass is 410 g/mol. The number of hydrogen-bond acceptors (Lipinski definition) is 5. The highest BCUT2D eigenvalue weighted by atomic mass is 16.5. The number of ether oxygens (including phenoxy) is 2. The third-order valence-corrected chi connectivity index (χ3v) is 4.73. The van der Waals surface area contributed by atoms with Crippen LogP contribution in [0.1, 0.15) is 44.0 Å². The average molecular weight is 410 g/mol. The first-order valence-corrected chi connectivity index (χ1v) is 10.1. The summed E-state index contributed by atoms with van der Waals surface area (Å²) in [4.78, 5) is 39.2. The summed E-state index contributed by atoms with van der Waals surface area (Å²) < 4.78 is 11.2. The molecule has 0 bridgehead atoms. The average Bonchev–Trinajstić information content (AvgIpc) is 2.73. The molecule has 0 radical (unpaired) electrons. The van der Waals surface area contributed by atoms with Crippen LogP contribution >= 0.6 is 0 Å². The van der Waals surface area contributed by atoms with Crippen LogP contribution in [0.5, 0.6) is 11.5 Å². The van der Waals surface area contributed by atoms with Gasteiger partial charge in [0.2, 0.25) is 5.91 Å². The zero-order chi connectivity index (χ0) is 21.7. The molecule has 0 saturated heterocycles. The predicted octanol–water partition coefficient (Wildman–Crippen LogP) is 3.82. The summed E-state index contributed by atoms with van der Waals surface area (Å²) in [7, 11) is 0. The number of anilines is 2. The zero-order valence-electron chi connectivity index (χ0n) is 17.4. The lowest BCUT2D eigenvalue weighted by Gasteiger charge is -2.33. The largest absolute Gasteiger partial charge is 0.492 e. The van der Waals surface area contributed by atoms with Gasteiger partial charge in [0.15, 0.2) is 11.9 Å². The number of amides is 2. The fraction of sp³-hybridized carbons (Fsp3) is 0.348. The number of hydrogen-bond donors (Lipinski definition) is 1. The summed E-state index contributed by atoms with van der Waals surface area (Å²) in [5, 5.41) is 2.80. The van der Waals surface area contributed by atoms with Gasteiger partial charge in [0.1, 0.15) is 18.0 Å². The molecule has 0 aliphatic carbocycles. The Morgan fingerprint density at radius 2 is 1.93 bits per heavy atom. The molecule has 0 aromatic heterocycles. The number of nitrogens with one attached hydrogen (secondary N) is 1. The fourth-order valence-corrected chi connectivity index (χ4v) is 3.30. The van der Waals surface area contributed by atoms with E-state index in [1.165, 1.54) is 4.90 Å². The van der Waals surface area contributed by atoms with Crippen LogP contribution in [0, 0.1) is 0 Å². The van der Waals surface area contributed by atoms with Crippen LogP contribution in [0.2, 0.25) is 0 Å². The second kappa shape index (κ2) is 9.43. The van der Waals surface area contributed by atoms with Gasteiger partial charge in [0, 0.05) is 12.0 Å². The molecule has 1 heterocycles. The number of para-hydroxylation sites is 2. The van der Waals surface area contributed by atoms with Crippen LogP contribution < -0.4 is 19.7 Å². The Kier molecular flexibility index (Phi) is 6.72. The molecule has 0 fully saturated rings. The Morgan fingerprint density at radius 3 is 2.67 bits per heavy atom. The van der Waals surface area contributed by atoms with Gasteiger partial charge in [-0.15, -0.1) is 0 Å². The Bertz CT molecular complexity index is 956. The van der Waals surface area contributed by atoms with E-state index in [-0.39, 0.29) is 24.1 Å². The van der Waals surface area contributed by atoms with Gasteiger partial charge in [-0.2, -0.15) is 0 Å². The summed E-state index contributed by atoms with van der Waals surface area (Å²) in [5.74, 6) is 0.304. The van der Waals surface area contributed by atoms with Crippen LogP contribution in [-0.4, -0.2) is 36.9 Å². The third kappa shape index (κ3) is 4.62. The van der Waals surface area contributed by atoms with Crippen molar-refractivity contribution in [3.05, 3.63) is 48.0 Å². The lowest BCUT2D eigenvalue weighted by molar-refractivity contribution is -0.127. The Labute approximate surface area is 176 Å². The van der Waals surface area contributed by atoms with Crippen molar-refractivity contribution in [2.45, 2.75) is 39.7 Å². The Balaban J connectivity index is 1.85. The minimum atomic E-state index is -0.724. The first-order valence-electron chi connectivity index (χ1n) is 10.1. The van der Waals surface area contributed by atoms with Crippen LogP contribution in [-0.2, 0) is 9.59 Å². The van der Waals surface area contributed by atoms with Gasteiger partial charge in [0.05, 0.1) is 18.0 Å². The lowest BCUT2D eigenvalue weighted by atomic mass is 10.0. The molecule has 1 N–H and O–H groups in total. The van der Waals surface area contributed by atoms with Crippen molar-refractivity contribution in [1.29, 1.82) is 0 Å². The molecule has 7 heteroatoms. The van der Waals surface area contributed by atoms with Crippen molar-refractivity contribution in [3.8, 4) is 11.5 Å². The minimum absolute atomic E-state index is 0.0126. The van der Waals surface area contributed by atoms with E-state index in [0.717, 1.165) is 6.42 Å². The molecule has 2 aromatic rings. The van der Waals surface area contributed by atoms with E-state index in [1.54, 1.807) is 43.3 Å². The van der Waals surface area contributed by atoms with Gasteiger partial charge < -0.3 is 14.8 Å². The smallest absolute Gasteiger partial charge is 0.268 e. The molecule has 0 spiro atoms. The standard InChI is InChI=1S/C23H26N2O5/c1-4-8-19(26)16-11-12-21-18(13-16)25(23(28)15(3)30-21)14-22(27)24-17-9-6-7-10-20(17)29-5-2/h6-7,9-13,15H,4-5,8,14H2,1-3H3,(H,24,27). The Hall–Kier alpha value is -3.35. The number of rotatable bonds is 8. The van der Waals surface area contributed by atoms with Crippen molar-refractivity contribution >= 4 is 29.0 Å². The van der Waals surface area contributed by atoms with Gasteiger partial charge in [-0.05, 0) is 50.6 Å². The molecular weight excluding hydrogens is 384 g/mol. The molecule has 158 valence electrons. The summed E-state index contributed by atoms with van der Waals surface area (Å²) in [6, 6.07) is 12.1. The number of carbonyl (C=O) groups is 3. The molecular formula is C23H26N2O5. The maximum absolute atomic E-state index is 12.8. The highest BCUT2D eigenvalue weighted by molar-refractivity contribution is 6.07. The van der Waals surface area contributed by atoms with Crippen molar-refractivity contribution in [2.75, 3.05) is 23.4 Å². The van der Waals surface area contributed by atoms with Crippen LogP contribution in [0.15, 0.2) is 42.5 Å². The topological polar surface area (TPSA) is 84.9 Å². The summed E-state index contributed by atoms with van der Waals surface area (Å²) >= 11 is 0. The summed E-state index contributed by atoms with van der Waals surface area (Å²) in [6.07, 6.45) is 0.421. The van der Waals surface area contributed by atoms with Crippen molar-refractivity contribution in [3.63, 3.8) is 0 Å². The fourth-order valence-electron chi connectivity index (χ4n) is 3.30. The van der Waals surface area contributed by atoms with Crippen molar-refractivity contribution < 1.29 is 23.9 Å². The van der Waals surface area contributed by atoms with E-state index in [2.05, 4.69) is 5.32 Å². The number of carbonyl (C=O) groups excluding carboxylic acids is 3. The van der Waals surface area contributed by atoms with E-state index in [9.17, 15) is 14.4 Å². The van der Waals surface area contributed by atoms with E-state index >= 15 is 0 Å². The minimum Gasteiger partial charge on any atom is -0.492 e. The maximum atomic E-state index is 12.8. The highest BCUT2D eigenvalue weighted by Crippen LogP contribution is 2.35. The van der Waals surface area contributed by atoms with E-state index in [4.69, 9.17) is 9.47 Å². The number of benzene rings is 2. The van der Waals surface area contributed by atoms with Crippen LogP contribution in [0.3, 0.4) is 0 Å². The SMILES string of the molecule is CCCC(=O)c1ccc2c(c1)N(CC(=O)Nc1ccccc1OCC)C(=O)C(C)O2. The first kappa shape index (κ1) is 21.4. The van der Waals surface area contributed by atoms with Gasteiger partial charge in [-0.1, -0.05) is 19.1 Å². The van der Waals surface area contributed by atoms with E-state index in [0.29, 0.717) is 41.5 Å². The molecule has 2 amide bonds. The number of ketones is 1. The molecule has 30 heavy (non-hydrogen) atoms. The second-order valence-corrected chi connectivity index (χ2v) is 7.02. The lowest BCUT2D eigenvalue weighted by Crippen LogP contribution is -2.47. The molecule has 1 atom stereocenters. The van der Waals surface area contributed by atoms with E-state index in [1.807, 2.05) is 19.9 Å². The van der Waals surface area contributed by atoms with Crippen molar-refractivity contribution in [1.82, 2.24) is 0 Å². The molecule has 0 saturated carbocycles. The van der Waals surface area contributed by atoms with Crippen molar-refractivity contribution in [2.24, 2.45) is 0 Å². The Morgan fingerprint density at radius 1 is 1.17 bits per heavy atom. The van der Waals surface area contributed by atoms with Gasteiger partial charge >= 0.3 is 0 Å². The predicted molar refractivity (Wildman–Crippen MR) is 114 cm³/mol. The quantitative estimate of drug-likeness (QED) is 0.669. The van der Waals surface area contributed by atoms with Gasteiger partial charge in [-0.3, -0.25) is 19.3 Å². The normalized spacial score (nSPS) is 15.2. The molecule has 3 rings (SSSR count). The molecule has 1 unspecified atom stereocenters. The molecule has 1 aliphatic rings. The third-order valence-electron chi connectivity index (χ3n) is 4.73. The summed E-state index contributed by atoms with van der Waals surface area (Å²) in [6.45, 7) is 5.69. The van der Waals surface area contributed by atoms with Gasteiger partial charge in [-0.25, -0.2) is 0 Å². The molecule has 7 nitrogen and oxygen atoms in total. The number of fused-ring (bicyclic) bond motifs is 1. The van der Waals surface area contributed by atoms with Crippen LogP contribution in [0.25, 0.3) is 0 Å². The second-order valence-electron chi connectivity index (χ2n) is 7.02. The zero-order valence-corrected chi connectivity index (χ0v) is 17.4. The van der Waals surface area contributed by atoms with E-state index < -0.39 is 6.10 Å².